The van der Waals surface area contributed by atoms with Crippen LogP contribution in [0.4, 0.5) is 11.4 Å². The quantitative estimate of drug-likeness (QED) is 0.415. The molecule has 1 saturated carbocycles. The van der Waals surface area contributed by atoms with Crippen molar-refractivity contribution in [2.45, 2.75) is 63.8 Å². The van der Waals surface area contributed by atoms with E-state index < -0.39 is 25.6 Å². The lowest BCUT2D eigenvalue weighted by atomic mass is 9.93. The van der Waals surface area contributed by atoms with E-state index in [1.165, 1.54) is 12.8 Å². The van der Waals surface area contributed by atoms with Crippen LogP contribution in [0.25, 0.3) is 16.9 Å². The zero-order chi connectivity index (χ0) is 28.1. The molecule has 1 spiro atoms. The Balaban J connectivity index is 1.48. The third-order valence-electron chi connectivity index (χ3n) is 7.37. The topological polar surface area (TPSA) is 126 Å². The molecule has 210 valence electrons. The minimum atomic E-state index is -3.71. The summed E-state index contributed by atoms with van der Waals surface area (Å²) in [4.78, 5) is 2.44. The van der Waals surface area contributed by atoms with Gasteiger partial charge in [0.25, 0.3) is 0 Å². The highest BCUT2D eigenvalue weighted by Gasteiger charge is 2.44. The van der Waals surface area contributed by atoms with Crippen molar-refractivity contribution in [3.63, 3.8) is 0 Å². The number of aromatic nitrogens is 3. The summed E-state index contributed by atoms with van der Waals surface area (Å²) in [5.41, 5.74) is 3.19. The van der Waals surface area contributed by atoms with Crippen LogP contribution in [-0.4, -0.2) is 56.2 Å². The van der Waals surface area contributed by atoms with Gasteiger partial charge >= 0.3 is 0 Å². The summed E-state index contributed by atoms with van der Waals surface area (Å²) in [6.07, 6.45) is 6.57. The molecule has 10 nitrogen and oxygen atoms in total. The Labute approximate surface area is 230 Å². The van der Waals surface area contributed by atoms with Crippen LogP contribution in [0, 0.1) is 5.41 Å². The molecule has 0 bridgehead atoms. The summed E-state index contributed by atoms with van der Waals surface area (Å²) in [5, 5.41) is 8.71. The molecule has 1 aliphatic carbocycles. The smallest absolute Gasteiger partial charge is 0.241 e. The molecule has 1 aromatic heterocycles. The highest BCUT2D eigenvalue weighted by molar-refractivity contribution is 7.92. The van der Waals surface area contributed by atoms with Crippen molar-refractivity contribution in [3.05, 3.63) is 48.7 Å². The molecular weight excluding hydrogens is 536 g/mol. The zero-order valence-electron chi connectivity index (χ0n) is 22.8. The van der Waals surface area contributed by atoms with E-state index >= 15 is 0 Å². The average molecular weight is 573 g/mol. The first-order chi connectivity index (χ1) is 18.3. The minimum absolute atomic E-state index is 0.0111. The number of rotatable bonds is 8. The number of anilines is 2. The van der Waals surface area contributed by atoms with E-state index in [1.54, 1.807) is 68.9 Å². The minimum Gasteiger partial charge on any atom is -0.370 e. The van der Waals surface area contributed by atoms with Crippen LogP contribution in [0.5, 0.6) is 0 Å². The lowest BCUT2D eigenvalue weighted by molar-refractivity contribution is 0.384. The van der Waals surface area contributed by atoms with Crippen molar-refractivity contribution in [1.82, 2.24) is 19.7 Å². The fourth-order valence-corrected chi connectivity index (χ4v) is 7.08. The number of hydrogen-bond donors (Lipinski definition) is 2. The first-order valence-electron chi connectivity index (χ1n) is 13.2. The van der Waals surface area contributed by atoms with E-state index in [4.69, 9.17) is 0 Å². The number of nitrogens with one attached hydrogen (secondary N) is 2. The van der Waals surface area contributed by atoms with Crippen LogP contribution in [0.3, 0.4) is 0 Å². The van der Waals surface area contributed by atoms with Gasteiger partial charge in [-0.1, -0.05) is 17.3 Å². The van der Waals surface area contributed by atoms with Gasteiger partial charge in [-0.3, -0.25) is 4.72 Å². The first-order valence-corrected chi connectivity index (χ1v) is 16.4. The number of piperidine rings is 1. The Hall–Kier alpha value is -2.96. The summed E-state index contributed by atoms with van der Waals surface area (Å²) in [6.45, 7) is 8.76. The van der Waals surface area contributed by atoms with Gasteiger partial charge in [-0.2, -0.15) is 0 Å². The molecule has 2 aliphatic rings. The Morgan fingerprint density at radius 1 is 0.949 bits per heavy atom. The van der Waals surface area contributed by atoms with Crippen molar-refractivity contribution in [2.24, 2.45) is 5.41 Å². The predicted molar refractivity (Wildman–Crippen MR) is 153 cm³/mol. The average Bonchev–Trinajstić information content (AvgIpc) is 3.43. The Morgan fingerprint density at radius 2 is 1.67 bits per heavy atom. The van der Waals surface area contributed by atoms with Gasteiger partial charge in [0, 0.05) is 24.2 Å². The van der Waals surface area contributed by atoms with E-state index in [2.05, 4.69) is 24.7 Å². The summed E-state index contributed by atoms with van der Waals surface area (Å²) in [7, 11) is -7.13. The Kier molecular flexibility index (Phi) is 7.01. The first kappa shape index (κ1) is 27.6. The monoisotopic (exact) mass is 572 g/mol. The molecule has 2 N–H and O–H groups in total. The molecule has 12 heteroatoms. The van der Waals surface area contributed by atoms with Crippen LogP contribution in [0.2, 0.25) is 0 Å². The third-order valence-corrected chi connectivity index (χ3v) is 10.4. The SMILES string of the molecule is CCS(=O)(=O)Nc1ccc(-n2cc(-c3cccc(S(=O)(=O)NC(C)(C)C)c3)nn2)c(N2CCC3(CC2)CC3)c1. The second-order valence-corrected chi connectivity index (χ2v) is 15.3. The van der Waals surface area contributed by atoms with Crippen LogP contribution in [0.1, 0.15) is 53.4 Å². The molecule has 2 aromatic carbocycles. The molecule has 5 rings (SSSR count). The number of benzene rings is 2. The van der Waals surface area contributed by atoms with Gasteiger partial charge in [-0.25, -0.2) is 26.2 Å². The maximum absolute atomic E-state index is 12.9. The number of sulfonamides is 2. The number of hydrogen-bond acceptors (Lipinski definition) is 7. The van der Waals surface area contributed by atoms with Crippen molar-refractivity contribution in [1.29, 1.82) is 0 Å². The van der Waals surface area contributed by atoms with Gasteiger partial charge in [-0.05, 0) is 89.1 Å². The molecule has 39 heavy (non-hydrogen) atoms. The molecule has 0 unspecified atom stereocenters. The standard InChI is InChI=1S/C27H36N6O4S2/c1-5-38(34,35)29-21-9-10-24(25(18-21)32-15-13-27(11-12-27)14-16-32)33-19-23(28-31-33)20-7-6-8-22(17-20)39(36,37)30-26(2,3)4/h6-10,17-19,29-30H,5,11-16H2,1-4H3. The Morgan fingerprint density at radius 3 is 2.31 bits per heavy atom. The van der Waals surface area contributed by atoms with Gasteiger partial charge in [0.1, 0.15) is 5.69 Å². The second kappa shape index (κ2) is 9.90. The van der Waals surface area contributed by atoms with E-state index in [9.17, 15) is 16.8 Å². The van der Waals surface area contributed by atoms with Crippen molar-refractivity contribution in [2.75, 3.05) is 28.5 Å². The van der Waals surface area contributed by atoms with Gasteiger partial charge in [0.15, 0.2) is 0 Å². The summed E-state index contributed by atoms with van der Waals surface area (Å²) < 4.78 is 57.2. The summed E-state index contributed by atoms with van der Waals surface area (Å²) in [5.74, 6) is -0.0111. The Bertz CT molecular complexity index is 1580. The highest BCUT2D eigenvalue weighted by atomic mass is 32.2. The molecule has 3 aromatic rings. The van der Waals surface area contributed by atoms with Crippen molar-refractivity contribution >= 4 is 31.4 Å². The lowest BCUT2D eigenvalue weighted by Crippen LogP contribution is -2.40. The maximum Gasteiger partial charge on any atom is 0.241 e. The van der Waals surface area contributed by atoms with Gasteiger partial charge in [-0.15, -0.1) is 5.10 Å². The molecule has 0 atom stereocenters. The largest absolute Gasteiger partial charge is 0.370 e. The number of nitrogens with zero attached hydrogens (tertiary/aromatic N) is 4. The highest BCUT2D eigenvalue weighted by Crippen LogP contribution is 2.54. The predicted octanol–water partition coefficient (Wildman–Crippen LogP) is 4.15. The molecule has 1 saturated heterocycles. The molecule has 0 radical (unpaired) electrons. The lowest BCUT2D eigenvalue weighted by Gasteiger charge is -2.35. The second-order valence-electron chi connectivity index (χ2n) is 11.6. The van der Waals surface area contributed by atoms with E-state index in [0.717, 1.165) is 37.3 Å². The van der Waals surface area contributed by atoms with E-state index in [-0.39, 0.29) is 10.6 Å². The molecule has 2 fully saturated rings. The van der Waals surface area contributed by atoms with Gasteiger partial charge in [0.05, 0.1) is 33.9 Å². The zero-order valence-corrected chi connectivity index (χ0v) is 24.4. The molecular formula is C27H36N6O4S2. The molecule has 0 amide bonds. The molecule has 1 aliphatic heterocycles. The van der Waals surface area contributed by atoms with Crippen molar-refractivity contribution < 1.29 is 16.8 Å². The van der Waals surface area contributed by atoms with Crippen molar-refractivity contribution in [3.8, 4) is 16.9 Å². The summed E-state index contributed by atoms with van der Waals surface area (Å²) in [6, 6.07) is 12.1. The molecule has 2 heterocycles. The van der Waals surface area contributed by atoms with Crippen LogP contribution >= 0.6 is 0 Å². The fraction of sp³-hybridized carbons (Fsp3) is 0.481. The van der Waals surface area contributed by atoms with Crippen LogP contribution < -0.4 is 14.3 Å². The van der Waals surface area contributed by atoms with Crippen LogP contribution in [0.15, 0.2) is 53.6 Å². The maximum atomic E-state index is 12.9. The van der Waals surface area contributed by atoms with Gasteiger partial charge < -0.3 is 4.90 Å². The summed E-state index contributed by atoms with van der Waals surface area (Å²) >= 11 is 0. The van der Waals surface area contributed by atoms with Gasteiger partial charge in [0.2, 0.25) is 20.0 Å². The normalized spacial score (nSPS) is 17.4. The third kappa shape index (κ3) is 6.28. The van der Waals surface area contributed by atoms with Crippen LogP contribution in [-0.2, 0) is 20.0 Å². The fourth-order valence-electron chi connectivity index (χ4n) is 4.98. The van der Waals surface area contributed by atoms with E-state index in [0.29, 0.717) is 22.4 Å². The van der Waals surface area contributed by atoms with E-state index in [1.807, 2.05) is 12.1 Å².